The smallest absolute Gasteiger partial charge is 0.227 e. The van der Waals surface area contributed by atoms with Gasteiger partial charge in [-0.2, -0.15) is 0 Å². The minimum absolute atomic E-state index is 0.0298. The Bertz CT molecular complexity index is 616. The first-order chi connectivity index (χ1) is 11.5. The van der Waals surface area contributed by atoms with Crippen LogP contribution in [0.2, 0.25) is 0 Å². The lowest BCUT2D eigenvalue weighted by Crippen LogP contribution is -2.58. The van der Waals surface area contributed by atoms with Crippen molar-refractivity contribution in [1.29, 1.82) is 0 Å². The maximum atomic E-state index is 13.5. The maximum absolute atomic E-state index is 13.5. The number of nitrogens with zero attached hydrogens (tertiary/aromatic N) is 2. The highest BCUT2D eigenvalue weighted by molar-refractivity contribution is 5.81. The molecule has 0 aromatic heterocycles. The average molecular weight is 334 g/mol. The topological polar surface area (TPSA) is 49.9 Å². The first-order valence-corrected chi connectivity index (χ1v) is 8.44. The molecule has 0 N–H and O–H groups in total. The highest BCUT2D eigenvalue weighted by Crippen LogP contribution is 2.23. The van der Waals surface area contributed by atoms with E-state index in [2.05, 4.69) is 0 Å². The third-order valence-electron chi connectivity index (χ3n) is 4.81. The summed E-state index contributed by atoms with van der Waals surface area (Å²) in [6, 6.07) is 6.55. The molecule has 2 amide bonds. The monoisotopic (exact) mass is 334 g/mol. The van der Waals surface area contributed by atoms with E-state index in [0.29, 0.717) is 25.2 Å². The summed E-state index contributed by atoms with van der Waals surface area (Å²) < 4.78 is 19.2. The molecule has 2 fully saturated rings. The molecule has 5 nitrogen and oxygen atoms in total. The lowest BCUT2D eigenvalue weighted by Gasteiger charge is -2.42. The largest absolute Gasteiger partial charge is 0.370 e. The Kier molecular flexibility index (Phi) is 5.14. The fourth-order valence-electron chi connectivity index (χ4n) is 3.27. The van der Waals surface area contributed by atoms with Crippen molar-refractivity contribution in [3.8, 4) is 0 Å². The molecular weight excluding hydrogens is 311 g/mol. The van der Waals surface area contributed by atoms with Crippen LogP contribution in [0.25, 0.3) is 0 Å². The van der Waals surface area contributed by atoms with Gasteiger partial charge in [0.05, 0.1) is 18.6 Å². The fraction of sp³-hybridized carbons (Fsp3) is 0.556. The maximum Gasteiger partial charge on any atom is 0.227 e. The molecule has 130 valence electrons. The Labute approximate surface area is 141 Å². The van der Waals surface area contributed by atoms with Crippen molar-refractivity contribution in [2.45, 2.75) is 32.5 Å². The number of amides is 2. The van der Waals surface area contributed by atoms with Gasteiger partial charge in [0.1, 0.15) is 5.82 Å². The summed E-state index contributed by atoms with van der Waals surface area (Å²) >= 11 is 0. The van der Waals surface area contributed by atoms with Gasteiger partial charge in [0, 0.05) is 38.7 Å². The minimum atomic E-state index is -0.267. The molecule has 2 heterocycles. The second kappa shape index (κ2) is 7.30. The SMILES string of the molecule is CC(=O)N1CCC[C@H](C(=O)N2CC(OCc3ccccc3F)C2)C1. The van der Waals surface area contributed by atoms with Crippen LogP contribution in [0.3, 0.4) is 0 Å². The number of benzene rings is 1. The first kappa shape index (κ1) is 16.9. The Balaban J connectivity index is 1.43. The molecule has 24 heavy (non-hydrogen) atoms. The van der Waals surface area contributed by atoms with E-state index in [0.717, 1.165) is 19.4 Å². The minimum Gasteiger partial charge on any atom is -0.370 e. The van der Waals surface area contributed by atoms with Crippen molar-refractivity contribution in [2.24, 2.45) is 5.92 Å². The zero-order chi connectivity index (χ0) is 17.1. The molecule has 0 unspecified atom stereocenters. The van der Waals surface area contributed by atoms with Crippen LogP contribution < -0.4 is 0 Å². The van der Waals surface area contributed by atoms with Gasteiger partial charge in [-0.25, -0.2) is 4.39 Å². The van der Waals surface area contributed by atoms with E-state index in [1.54, 1.807) is 34.9 Å². The summed E-state index contributed by atoms with van der Waals surface area (Å²) in [6.45, 7) is 4.12. The molecule has 0 radical (unpaired) electrons. The van der Waals surface area contributed by atoms with Crippen LogP contribution in [0.15, 0.2) is 24.3 Å². The Morgan fingerprint density at radius 3 is 2.67 bits per heavy atom. The van der Waals surface area contributed by atoms with Gasteiger partial charge in [-0.3, -0.25) is 9.59 Å². The van der Waals surface area contributed by atoms with Gasteiger partial charge in [0.15, 0.2) is 0 Å². The predicted octanol–water partition coefficient (Wildman–Crippen LogP) is 1.81. The molecule has 2 aliphatic rings. The van der Waals surface area contributed by atoms with E-state index in [9.17, 15) is 14.0 Å². The van der Waals surface area contributed by atoms with Crippen molar-refractivity contribution >= 4 is 11.8 Å². The number of ether oxygens (including phenoxy) is 1. The quantitative estimate of drug-likeness (QED) is 0.844. The Morgan fingerprint density at radius 2 is 1.96 bits per heavy atom. The van der Waals surface area contributed by atoms with Crippen molar-refractivity contribution in [2.75, 3.05) is 26.2 Å². The van der Waals surface area contributed by atoms with Crippen LogP contribution in [0.4, 0.5) is 4.39 Å². The van der Waals surface area contributed by atoms with Crippen molar-refractivity contribution in [1.82, 2.24) is 9.80 Å². The number of halogens is 1. The Hall–Kier alpha value is -1.95. The van der Waals surface area contributed by atoms with E-state index in [1.807, 2.05) is 0 Å². The molecular formula is C18H23FN2O3. The van der Waals surface area contributed by atoms with Crippen LogP contribution >= 0.6 is 0 Å². The number of piperidine rings is 1. The van der Waals surface area contributed by atoms with Gasteiger partial charge in [-0.15, -0.1) is 0 Å². The van der Waals surface area contributed by atoms with Gasteiger partial charge >= 0.3 is 0 Å². The van der Waals surface area contributed by atoms with Crippen molar-refractivity contribution in [3.63, 3.8) is 0 Å². The number of likely N-dealkylation sites (tertiary alicyclic amines) is 2. The summed E-state index contributed by atoms with van der Waals surface area (Å²) in [4.78, 5) is 27.5. The molecule has 0 spiro atoms. The lowest BCUT2D eigenvalue weighted by atomic mass is 9.95. The molecule has 0 saturated carbocycles. The fourth-order valence-corrected chi connectivity index (χ4v) is 3.27. The van der Waals surface area contributed by atoms with Gasteiger partial charge in [0.25, 0.3) is 0 Å². The summed E-state index contributed by atoms with van der Waals surface area (Å²) in [5, 5.41) is 0. The standard InChI is InChI=1S/C18H23FN2O3/c1-13(22)20-8-4-6-14(9-20)18(23)21-10-16(11-21)24-12-15-5-2-3-7-17(15)19/h2-3,5,7,14,16H,4,6,8-12H2,1H3/t14-/m0/s1. The third-order valence-corrected chi connectivity index (χ3v) is 4.81. The average Bonchev–Trinajstić information content (AvgIpc) is 2.54. The molecule has 3 rings (SSSR count). The molecule has 2 saturated heterocycles. The van der Waals surface area contributed by atoms with Gasteiger partial charge in [0.2, 0.25) is 11.8 Å². The van der Waals surface area contributed by atoms with Gasteiger partial charge in [-0.1, -0.05) is 18.2 Å². The zero-order valence-electron chi connectivity index (χ0n) is 13.9. The highest BCUT2D eigenvalue weighted by atomic mass is 19.1. The van der Waals surface area contributed by atoms with Crippen LogP contribution in [-0.4, -0.2) is 53.9 Å². The number of hydrogen-bond donors (Lipinski definition) is 0. The van der Waals surface area contributed by atoms with E-state index in [1.165, 1.54) is 6.07 Å². The third kappa shape index (κ3) is 3.75. The van der Waals surface area contributed by atoms with Crippen molar-refractivity contribution in [3.05, 3.63) is 35.6 Å². The predicted molar refractivity (Wildman–Crippen MR) is 86.5 cm³/mol. The highest BCUT2D eigenvalue weighted by Gasteiger charge is 2.37. The zero-order valence-corrected chi connectivity index (χ0v) is 13.9. The normalized spacial score (nSPS) is 21.5. The number of rotatable bonds is 4. The van der Waals surface area contributed by atoms with E-state index < -0.39 is 0 Å². The van der Waals surface area contributed by atoms with Crippen LogP contribution in [0.1, 0.15) is 25.3 Å². The van der Waals surface area contributed by atoms with Crippen LogP contribution in [0, 0.1) is 11.7 Å². The van der Waals surface area contributed by atoms with E-state index in [-0.39, 0.29) is 36.3 Å². The second-order valence-corrected chi connectivity index (χ2v) is 6.57. The summed E-state index contributed by atoms with van der Waals surface area (Å²) in [7, 11) is 0. The Morgan fingerprint density at radius 1 is 1.21 bits per heavy atom. The molecule has 1 aromatic rings. The summed E-state index contributed by atoms with van der Waals surface area (Å²) in [5.74, 6) is -0.236. The second-order valence-electron chi connectivity index (χ2n) is 6.57. The number of carbonyl (C=O) groups excluding carboxylic acids is 2. The summed E-state index contributed by atoms with van der Waals surface area (Å²) in [5.41, 5.74) is 0.534. The molecule has 6 heteroatoms. The van der Waals surface area contributed by atoms with Gasteiger partial charge in [-0.05, 0) is 18.9 Å². The molecule has 0 bridgehead atoms. The van der Waals surface area contributed by atoms with E-state index in [4.69, 9.17) is 4.74 Å². The molecule has 1 atom stereocenters. The van der Waals surface area contributed by atoms with Crippen molar-refractivity contribution < 1.29 is 18.7 Å². The molecule has 2 aliphatic heterocycles. The van der Waals surface area contributed by atoms with Crippen LogP contribution in [-0.2, 0) is 20.9 Å². The first-order valence-electron chi connectivity index (χ1n) is 8.44. The molecule has 1 aromatic carbocycles. The molecule has 0 aliphatic carbocycles. The summed E-state index contributed by atoms with van der Waals surface area (Å²) in [6.07, 6.45) is 1.66. The lowest BCUT2D eigenvalue weighted by molar-refractivity contribution is -0.153. The van der Waals surface area contributed by atoms with Gasteiger partial charge < -0.3 is 14.5 Å². The van der Waals surface area contributed by atoms with E-state index >= 15 is 0 Å². The van der Waals surface area contributed by atoms with Crippen LogP contribution in [0.5, 0.6) is 0 Å². The number of hydrogen-bond acceptors (Lipinski definition) is 3. The number of carbonyl (C=O) groups is 2.